The molecule has 1 aliphatic carbocycles. The third-order valence-electron chi connectivity index (χ3n) is 3.83. The number of aldehydes is 1. The first kappa shape index (κ1) is 15.1. The molecule has 2 aromatic rings. The molecule has 3 rings (SSSR count). The average molecular weight is 338 g/mol. The standard InChI is InChI=1S/C15H12ClNO4S/c1-22-8-2-3-9(10(16)6-8)13-11(15(7-18)4-5-15)12(14(19)20)17-21-13/h2-3,6-7H,4-5H2,1H3,(H,19,20). The van der Waals surface area contributed by atoms with Crippen LogP contribution in [0.1, 0.15) is 28.9 Å². The van der Waals surface area contributed by atoms with E-state index in [1.165, 1.54) is 0 Å². The Labute approximate surface area is 135 Å². The number of hydrogen-bond acceptors (Lipinski definition) is 5. The van der Waals surface area contributed by atoms with E-state index in [1.807, 2.05) is 12.3 Å². The number of thioether (sulfide) groups is 1. The number of carboxylic acid groups (broad SMARTS) is 1. The van der Waals surface area contributed by atoms with Crippen molar-refractivity contribution in [3.05, 3.63) is 34.5 Å². The van der Waals surface area contributed by atoms with E-state index in [4.69, 9.17) is 16.1 Å². The lowest BCUT2D eigenvalue weighted by molar-refractivity contribution is -0.109. The number of benzene rings is 1. The zero-order chi connectivity index (χ0) is 15.9. The van der Waals surface area contributed by atoms with Gasteiger partial charge in [-0.25, -0.2) is 4.79 Å². The molecule has 0 atom stereocenters. The van der Waals surface area contributed by atoms with Crippen molar-refractivity contribution in [2.24, 2.45) is 0 Å². The minimum atomic E-state index is -1.21. The Balaban J connectivity index is 2.20. The fourth-order valence-electron chi connectivity index (χ4n) is 2.45. The van der Waals surface area contributed by atoms with Crippen molar-refractivity contribution in [2.75, 3.05) is 6.26 Å². The van der Waals surface area contributed by atoms with E-state index in [0.29, 0.717) is 29.0 Å². The number of carboxylic acids is 1. The van der Waals surface area contributed by atoms with Gasteiger partial charge in [-0.1, -0.05) is 16.8 Å². The van der Waals surface area contributed by atoms with Gasteiger partial charge in [0.05, 0.1) is 10.4 Å². The van der Waals surface area contributed by atoms with E-state index in [2.05, 4.69) is 5.16 Å². The summed E-state index contributed by atoms with van der Waals surface area (Å²) in [5.74, 6) is -0.949. The molecule has 1 heterocycles. The molecule has 114 valence electrons. The summed E-state index contributed by atoms with van der Waals surface area (Å²) >= 11 is 7.82. The summed E-state index contributed by atoms with van der Waals surface area (Å²) in [5.41, 5.74) is -0.161. The topological polar surface area (TPSA) is 80.4 Å². The first-order chi connectivity index (χ1) is 10.5. The molecule has 1 saturated carbocycles. The molecule has 1 aromatic carbocycles. The molecule has 1 N–H and O–H groups in total. The van der Waals surface area contributed by atoms with Crippen molar-refractivity contribution in [2.45, 2.75) is 23.2 Å². The van der Waals surface area contributed by atoms with Crippen molar-refractivity contribution in [3.63, 3.8) is 0 Å². The molecule has 1 fully saturated rings. The molecule has 0 amide bonds. The van der Waals surface area contributed by atoms with E-state index < -0.39 is 11.4 Å². The van der Waals surface area contributed by atoms with Gasteiger partial charge in [0.25, 0.3) is 0 Å². The predicted octanol–water partition coefficient (Wildman–Crippen LogP) is 3.65. The highest BCUT2D eigenvalue weighted by atomic mass is 35.5. The molecule has 1 aliphatic rings. The van der Waals surface area contributed by atoms with Crippen molar-refractivity contribution in [3.8, 4) is 11.3 Å². The van der Waals surface area contributed by atoms with Crippen molar-refractivity contribution in [1.82, 2.24) is 5.16 Å². The zero-order valence-corrected chi connectivity index (χ0v) is 13.2. The third kappa shape index (κ3) is 2.32. The number of aromatic carboxylic acids is 1. The maximum Gasteiger partial charge on any atom is 0.358 e. The number of nitrogens with zero attached hydrogens (tertiary/aromatic N) is 1. The Hall–Kier alpha value is -1.79. The van der Waals surface area contributed by atoms with Gasteiger partial charge < -0.3 is 14.4 Å². The van der Waals surface area contributed by atoms with Gasteiger partial charge in [-0.15, -0.1) is 11.8 Å². The van der Waals surface area contributed by atoms with Crippen LogP contribution in [0.15, 0.2) is 27.6 Å². The van der Waals surface area contributed by atoms with Crippen LogP contribution in [0.2, 0.25) is 5.02 Å². The van der Waals surface area contributed by atoms with Gasteiger partial charge >= 0.3 is 5.97 Å². The second-order valence-electron chi connectivity index (χ2n) is 5.16. The molecular weight excluding hydrogens is 326 g/mol. The fraction of sp³-hybridized carbons (Fsp3) is 0.267. The van der Waals surface area contributed by atoms with E-state index in [-0.39, 0.29) is 11.5 Å². The summed E-state index contributed by atoms with van der Waals surface area (Å²) < 4.78 is 5.24. The quantitative estimate of drug-likeness (QED) is 0.662. The van der Waals surface area contributed by atoms with E-state index in [9.17, 15) is 14.7 Å². The van der Waals surface area contributed by atoms with Crippen LogP contribution in [0.5, 0.6) is 0 Å². The molecule has 1 aromatic heterocycles. The lowest BCUT2D eigenvalue weighted by Crippen LogP contribution is -2.14. The Bertz CT molecular complexity index is 767. The molecule has 0 unspecified atom stereocenters. The molecule has 5 nitrogen and oxygen atoms in total. The van der Waals surface area contributed by atoms with Gasteiger partial charge in [-0.3, -0.25) is 0 Å². The van der Waals surface area contributed by atoms with Gasteiger partial charge in [-0.2, -0.15) is 0 Å². The summed E-state index contributed by atoms with van der Waals surface area (Å²) in [6.07, 6.45) is 3.88. The summed E-state index contributed by atoms with van der Waals surface area (Å²) in [7, 11) is 0. The van der Waals surface area contributed by atoms with Crippen LogP contribution in [0.25, 0.3) is 11.3 Å². The second-order valence-corrected chi connectivity index (χ2v) is 6.45. The Morgan fingerprint density at radius 1 is 1.50 bits per heavy atom. The van der Waals surface area contributed by atoms with Gasteiger partial charge in [0.2, 0.25) is 0 Å². The summed E-state index contributed by atoms with van der Waals surface area (Å²) in [4.78, 5) is 23.8. The van der Waals surface area contributed by atoms with Crippen molar-refractivity contribution >= 4 is 35.6 Å². The Morgan fingerprint density at radius 2 is 2.23 bits per heavy atom. The Morgan fingerprint density at radius 3 is 2.73 bits per heavy atom. The molecule has 22 heavy (non-hydrogen) atoms. The molecule has 0 saturated heterocycles. The first-order valence-corrected chi connectivity index (χ1v) is 8.16. The molecular formula is C15H12ClNO4S. The van der Waals surface area contributed by atoms with Gasteiger partial charge in [0.1, 0.15) is 6.29 Å². The van der Waals surface area contributed by atoms with Crippen LogP contribution in [0.4, 0.5) is 0 Å². The Kier molecular flexibility index (Phi) is 3.74. The molecule has 7 heteroatoms. The number of aromatic nitrogens is 1. The van der Waals surface area contributed by atoms with E-state index in [1.54, 1.807) is 23.9 Å². The predicted molar refractivity (Wildman–Crippen MR) is 82.7 cm³/mol. The fourth-order valence-corrected chi connectivity index (χ4v) is 3.22. The summed E-state index contributed by atoms with van der Waals surface area (Å²) in [6.45, 7) is 0. The van der Waals surface area contributed by atoms with E-state index >= 15 is 0 Å². The highest BCUT2D eigenvalue weighted by Crippen LogP contribution is 2.51. The van der Waals surface area contributed by atoms with Crippen LogP contribution >= 0.6 is 23.4 Å². The highest BCUT2D eigenvalue weighted by molar-refractivity contribution is 7.98. The second kappa shape index (κ2) is 5.44. The van der Waals surface area contributed by atoms with Crippen LogP contribution in [-0.2, 0) is 10.2 Å². The van der Waals surface area contributed by atoms with Gasteiger partial charge in [0.15, 0.2) is 11.5 Å². The SMILES string of the molecule is CSc1ccc(-c2onc(C(=O)O)c2C2(C=O)CC2)c(Cl)c1. The number of carbonyl (C=O) groups is 2. The minimum Gasteiger partial charge on any atom is -0.476 e. The third-order valence-corrected chi connectivity index (χ3v) is 4.87. The number of halogens is 1. The summed E-state index contributed by atoms with van der Waals surface area (Å²) in [6, 6.07) is 5.39. The molecule has 0 bridgehead atoms. The lowest BCUT2D eigenvalue weighted by atomic mass is 9.92. The van der Waals surface area contributed by atoms with Crippen LogP contribution in [0, 0.1) is 0 Å². The minimum absolute atomic E-state index is 0.218. The highest BCUT2D eigenvalue weighted by Gasteiger charge is 2.50. The molecule has 0 spiro atoms. The zero-order valence-electron chi connectivity index (χ0n) is 11.6. The van der Waals surface area contributed by atoms with Crippen LogP contribution < -0.4 is 0 Å². The van der Waals surface area contributed by atoms with Gasteiger partial charge in [-0.05, 0) is 37.3 Å². The van der Waals surface area contributed by atoms with Crippen molar-refractivity contribution < 1.29 is 19.2 Å². The van der Waals surface area contributed by atoms with Crippen LogP contribution in [-0.4, -0.2) is 28.8 Å². The maximum absolute atomic E-state index is 11.4. The average Bonchev–Trinajstić information content (AvgIpc) is 3.18. The molecule has 0 aliphatic heterocycles. The van der Waals surface area contributed by atoms with Crippen LogP contribution in [0.3, 0.4) is 0 Å². The summed E-state index contributed by atoms with van der Waals surface area (Å²) in [5, 5.41) is 13.4. The normalized spacial score (nSPS) is 15.5. The monoisotopic (exact) mass is 337 g/mol. The van der Waals surface area contributed by atoms with Crippen molar-refractivity contribution in [1.29, 1.82) is 0 Å². The smallest absolute Gasteiger partial charge is 0.358 e. The first-order valence-electron chi connectivity index (χ1n) is 6.56. The lowest BCUT2D eigenvalue weighted by Gasteiger charge is -2.09. The number of rotatable bonds is 5. The largest absolute Gasteiger partial charge is 0.476 e. The molecule has 0 radical (unpaired) electrons. The number of hydrogen-bond donors (Lipinski definition) is 1. The van der Waals surface area contributed by atoms with E-state index in [0.717, 1.165) is 11.2 Å². The van der Waals surface area contributed by atoms with Gasteiger partial charge in [0, 0.05) is 16.0 Å². The maximum atomic E-state index is 11.4. The number of carbonyl (C=O) groups excluding carboxylic acids is 1.